The van der Waals surface area contributed by atoms with Crippen LogP contribution in [0, 0.1) is 0 Å². The molecule has 0 spiro atoms. The Labute approximate surface area is 150 Å². The molecule has 1 aliphatic rings. The third-order valence-corrected chi connectivity index (χ3v) is 4.14. The van der Waals surface area contributed by atoms with E-state index in [0.717, 1.165) is 4.90 Å². The molecule has 2 aromatic rings. The molecule has 0 radical (unpaired) electrons. The van der Waals surface area contributed by atoms with E-state index in [1.165, 1.54) is 0 Å². The topological polar surface area (TPSA) is 55.8 Å². The van der Waals surface area contributed by atoms with Crippen LogP contribution in [0.1, 0.15) is 12.5 Å². The van der Waals surface area contributed by atoms with Crippen LogP contribution in [0.2, 0.25) is 0 Å². The van der Waals surface area contributed by atoms with Crippen molar-refractivity contribution in [2.24, 2.45) is 0 Å². The van der Waals surface area contributed by atoms with Gasteiger partial charge >= 0.3 is 0 Å². The molecule has 0 unspecified atom stereocenters. The minimum Gasteiger partial charge on any atom is -0.497 e. The number of amides is 2. The second-order valence-electron chi connectivity index (χ2n) is 5.29. The van der Waals surface area contributed by atoms with Crippen molar-refractivity contribution >= 4 is 34.7 Å². The smallest absolute Gasteiger partial charge is 0.277 e. The molecule has 0 saturated carbocycles. The number of hydrogen-bond donors (Lipinski definition) is 0. The Kier molecular flexibility index (Phi) is 4.76. The monoisotopic (exact) mass is 357 g/mol. The van der Waals surface area contributed by atoms with Crippen LogP contribution < -0.4 is 14.4 Å². The van der Waals surface area contributed by atoms with Gasteiger partial charge in [0.2, 0.25) is 0 Å². The molecule has 2 amide bonds. The summed E-state index contributed by atoms with van der Waals surface area (Å²) in [4.78, 5) is 26.4. The lowest BCUT2D eigenvalue weighted by atomic mass is 10.1. The van der Waals surface area contributed by atoms with Gasteiger partial charge in [-0.05, 0) is 36.8 Å². The molecule has 0 saturated heterocycles. The first-order valence-corrected chi connectivity index (χ1v) is 8.10. The lowest BCUT2D eigenvalue weighted by molar-refractivity contribution is -0.119. The summed E-state index contributed by atoms with van der Waals surface area (Å²) in [5.74, 6) is 0.216. The Hall–Kier alpha value is -2.79. The normalized spacial score (nSPS) is 14.3. The van der Waals surface area contributed by atoms with Gasteiger partial charge in [0.15, 0.2) is 0 Å². The van der Waals surface area contributed by atoms with Crippen molar-refractivity contribution in [2.75, 3.05) is 18.6 Å². The fourth-order valence-electron chi connectivity index (χ4n) is 2.62. The number of carbonyl (C=O) groups is 2. The second kappa shape index (κ2) is 6.99. The summed E-state index contributed by atoms with van der Waals surface area (Å²) < 4.78 is 10.5. The first-order chi connectivity index (χ1) is 12.1. The lowest BCUT2D eigenvalue weighted by Crippen LogP contribution is -2.31. The van der Waals surface area contributed by atoms with Crippen molar-refractivity contribution in [1.29, 1.82) is 0 Å². The van der Waals surface area contributed by atoms with Crippen LogP contribution in [0.15, 0.2) is 53.6 Å². The van der Waals surface area contributed by atoms with Crippen LogP contribution in [0.25, 0.3) is 5.57 Å². The van der Waals surface area contributed by atoms with Gasteiger partial charge in [-0.3, -0.25) is 9.59 Å². The van der Waals surface area contributed by atoms with Gasteiger partial charge in [0.25, 0.3) is 11.8 Å². The molecule has 3 rings (SSSR count). The number of nitrogens with zero attached hydrogens (tertiary/aromatic N) is 1. The van der Waals surface area contributed by atoms with E-state index in [4.69, 9.17) is 21.1 Å². The minimum absolute atomic E-state index is 0.100. The maximum atomic E-state index is 12.8. The van der Waals surface area contributed by atoms with Crippen LogP contribution in [0.5, 0.6) is 11.5 Å². The van der Waals surface area contributed by atoms with Crippen molar-refractivity contribution in [3.63, 3.8) is 0 Å². The van der Waals surface area contributed by atoms with Gasteiger partial charge in [-0.15, -0.1) is 0 Å². The Morgan fingerprint density at radius 1 is 1.00 bits per heavy atom. The van der Waals surface area contributed by atoms with Gasteiger partial charge in [-0.2, -0.15) is 0 Å². The Morgan fingerprint density at radius 3 is 2.36 bits per heavy atom. The molecular weight excluding hydrogens is 342 g/mol. The van der Waals surface area contributed by atoms with E-state index in [-0.39, 0.29) is 10.6 Å². The van der Waals surface area contributed by atoms with Crippen molar-refractivity contribution in [3.05, 3.63) is 59.1 Å². The van der Waals surface area contributed by atoms with Crippen LogP contribution in [0.3, 0.4) is 0 Å². The highest BCUT2D eigenvalue weighted by molar-refractivity contribution is 6.60. The quantitative estimate of drug-likeness (QED) is 0.767. The van der Waals surface area contributed by atoms with Gasteiger partial charge < -0.3 is 9.47 Å². The Morgan fingerprint density at radius 2 is 1.72 bits per heavy atom. The average Bonchev–Trinajstić information content (AvgIpc) is 2.85. The predicted octanol–water partition coefficient (Wildman–Crippen LogP) is 3.62. The zero-order valence-corrected chi connectivity index (χ0v) is 14.5. The SMILES string of the molecule is CCOc1cccc(N2C(=O)C(Cl)=C(c3ccc(OC)cc3)C2=O)c1. The second-order valence-corrected chi connectivity index (χ2v) is 5.67. The number of carbonyl (C=O) groups excluding carboxylic acids is 2. The summed E-state index contributed by atoms with van der Waals surface area (Å²) in [6.45, 7) is 2.35. The number of halogens is 1. The highest BCUT2D eigenvalue weighted by Crippen LogP contribution is 2.36. The van der Waals surface area contributed by atoms with Crippen LogP contribution in [-0.2, 0) is 9.59 Å². The molecule has 0 bridgehead atoms. The Balaban J connectivity index is 1.97. The van der Waals surface area contributed by atoms with Crippen molar-refractivity contribution in [1.82, 2.24) is 0 Å². The number of benzene rings is 2. The number of methoxy groups -OCH3 is 1. The molecule has 0 atom stereocenters. The zero-order valence-electron chi connectivity index (χ0n) is 13.8. The van der Waals surface area contributed by atoms with Crippen molar-refractivity contribution in [3.8, 4) is 11.5 Å². The van der Waals surface area contributed by atoms with Gasteiger partial charge in [0.05, 0.1) is 25.0 Å². The fourth-order valence-corrected chi connectivity index (χ4v) is 2.90. The number of hydrogen-bond acceptors (Lipinski definition) is 4. The summed E-state index contributed by atoms with van der Waals surface area (Å²) in [6, 6.07) is 13.6. The van der Waals surface area contributed by atoms with Crippen LogP contribution >= 0.6 is 11.6 Å². The van der Waals surface area contributed by atoms with Gasteiger partial charge in [0.1, 0.15) is 16.5 Å². The number of rotatable bonds is 5. The number of ether oxygens (including phenoxy) is 2. The summed E-state index contributed by atoms with van der Waals surface area (Å²) >= 11 is 6.18. The van der Waals surface area contributed by atoms with Gasteiger partial charge in [-0.25, -0.2) is 4.90 Å². The molecule has 0 N–H and O–H groups in total. The molecule has 0 fully saturated rings. The van der Waals surface area contributed by atoms with Crippen LogP contribution in [0.4, 0.5) is 5.69 Å². The minimum atomic E-state index is -0.550. The van der Waals surface area contributed by atoms with E-state index in [0.29, 0.717) is 29.4 Å². The van der Waals surface area contributed by atoms with Gasteiger partial charge in [0, 0.05) is 6.07 Å². The van der Waals surface area contributed by atoms with E-state index in [1.54, 1.807) is 55.6 Å². The zero-order chi connectivity index (χ0) is 18.0. The molecule has 0 aromatic heterocycles. The summed E-state index contributed by atoms with van der Waals surface area (Å²) in [7, 11) is 1.55. The predicted molar refractivity (Wildman–Crippen MR) is 95.9 cm³/mol. The summed E-state index contributed by atoms with van der Waals surface area (Å²) in [5.41, 5.74) is 1.16. The third kappa shape index (κ3) is 3.10. The molecule has 2 aromatic carbocycles. The van der Waals surface area contributed by atoms with E-state index in [9.17, 15) is 9.59 Å². The largest absolute Gasteiger partial charge is 0.497 e. The van der Waals surface area contributed by atoms with Crippen molar-refractivity contribution < 1.29 is 19.1 Å². The average molecular weight is 358 g/mol. The lowest BCUT2D eigenvalue weighted by Gasteiger charge is -2.16. The maximum Gasteiger partial charge on any atom is 0.277 e. The molecule has 25 heavy (non-hydrogen) atoms. The van der Waals surface area contributed by atoms with E-state index in [1.807, 2.05) is 6.92 Å². The molecular formula is C19H16ClNO4. The first kappa shape index (κ1) is 17.0. The Bertz CT molecular complexity index is 858. The standard InChI is InChI=1S/C19H16ClNO4/c1-3-25-15-6-4-5-13(11-15)21-18(22)16(17(20)19(21)23)12-7-9-14(24-2)10-8-12/h4-11H,3H2,1-2H3. The molecule has 128 valence electrons. The summed E-state index contributed by atoms with van der Waals surface area (Å²) in [5, 5.41) is -0.100. The highest BCUT2D eigenvalue weighted by Gasteiger charge is 2.39. The number of imide groups is 1. The molecule has 1 heterocycles. The molecule has 1 aliphatic heterocycles. The van der Waals surface area contributed by atoms with E-state index in [2.05, 4.69) is 0 Å². The van der Waals surface area contributed by atoms with Crippen LogP contribution in [-0.4, -0.2) is 25.5 Å². The summed E-state index contributed by atoms with van der Waals surface area (Å²) in [6.07, 6.45) is 0. The van der Waals surface area contributed by atoms with Crippen molar-refractivity contribution in [2.45, 2.75) is 6.92 Å². The van der Waals surface area contributed by atoms with E-state index >= 15 is 0 Å². The molecule has 5 nitrogen and oxygen atoms in total. The maximum absolute atomic E-state index is 12.8. The highest BCUT2D eigenvalue weighted by atomic mass is 35.5. The first-order valence-electron chi connectivity index (χ1n) is 7.72. The van der Waals surface area contributed by atoms with E-state index < -0.39 is 11.8 Å². The third-order valence-electron chi connectivity index (χ3n) is 3.79. The molecule has 6 heteroatoms. The fraction of sp³-hybridized carbons (Fsp3) is 0.158. The number of anilines is 1. The van der Waals surface area contributed by atoms with Gasteiger partial charge in [-0.1, -0.05) is 29.8 Å². The molecule has 0 aliphatic carbocycles.